The van der Waals surface area contributed by atoms with Crippen molar-refractivity contribution in [2.24, 2.45) is 0 Å². The van der Waals surface area contributed by atoms with E-state index in [9.17, 15) is 0 Å². The average Bonchev–Trinajstić information content (AvgIpc) is 1.84. The van der Waals surface area contributed by atoms with E-state index in [4.69, 9.17) is 0 Å². The van der Waals surface area contributed by atoms with Crippen LogP contribution in [0.3, 0.4) is 0 Å². The molecule has 0 atom stereocenters. The molecule has 0 saturated carbocycles. The Bertz CT molecular complexity index is 97.0. The van der Waals surface area contributed by atoms with E-state index in [1.54, 1.807) is 0 Å². The summed E-state index contributed by atoms with van der Waals surface area (Å²) in [6, 6.07) is 0. The van der Waals surface area contributed by atoms with Crippen LogP contribution in [0.2, 0.25) is 0 Å². The monoisotopic (exact) mass is 174 g/mol. The molecule has 0 aliphatic carbocycles. The van der Waals surface area contributed by atoms with Crippen molar-refractivity contribution < 1.29 is 0 Å². The molecule has 0 aromatic heterocycles. The third-order valence-electron chi connectivity index (χ3n) is 3.73. The van der Waals surface area contributed by atoms with Crippen LogP contribution >= 0.6 is 7.14 Å². The van der Waals surface area contributed by atoms with Gasteiger partial charge in [0.2, 0.25) is 0 Å². The zero-order valence-corrected chi connectivity index (χ0v) is 10.2. The summed E-state index contributed by atoms with van der Waals surface area (Å²) >= 11 is 0. The van der Waals surface area contributed by atoms with Crippen LogP contribution in [-0.4, -0.2) is 24.5 Å². The molecule has 0 heterocycles. The molecule has 0 aliphatic rings. The Balaban J connectivity index is 4.53. The average molecular weight is 174 g/mol. The predicted molar refractivity (Wildman–Crippen MR) is 62.3 cm³/mol. The van der Waals surface area contributed by atoms with Crippen LogP contribution in [-0.2, 0) is 0 Å². The van der Waals surface area contributed by atoms with E-state index in [-0.39, 0.29) is 0 Å². The first-order chi connectivity index (χ1) is 4.83. The van der Waals surface area contributed by atoms with Crippen LogP contribution in [0.4, 0.5) is 0 Å². The molecule has 68 valence electrons. The van der Waals surface area contributed by atoms with E-state index in [0.29, 0.717) is 0 Å². The van der Waals surface area contributed by atoms with Crippen molar-refractivity contribution in [3.8, 4) is 0 Å². The van der Waals surface area contributed by atoms with Gasteiger partial charge in [0.15, 0.2) is 0 Å². The fourth-order valence-electron chi connectivity index (χ4n) is 2.00. The van der Waals surface area contributed by atoms with Gasteiger partial charge in [-0.3, -0.25) is 0 Å². The van der Waals surface area contributed by atoms with Gasteiger partial charge in [0.05, 0.1) is 0 Å². The van der Waals surface area contributed by atoms with Crippen LogP contribution in [0.25, 0.3) is 0 Å². The van der Waals surface area contributed by atoms with Gasteiger partial charge in [-0.05, 0) is 0 Å². The first-order valence-corrected chi connectivity index (χ1v) is 7.56. The van der Waals surface area contributed by atoms with Crippen molar-refractivity contribution in [3.05, 3.63) is 0 Å². The van der Waals surface area contributed by atoms with Crippen molar-refractivity contribution in [1.82, 2.24) is 0 Å². The van der Waals surface area contributed by atoms with E-state index < -0.39 is 7.14 Å². The van der Waals surface area contributed by atoms with Crippen LogP contribution in [0, 0.1) is 0 Å². The summed E-state index contributed by atoms with van der Waals surface area (Å²) in [6.45, 7) is 14.4. The molecular weight excluding hydrogens is 150 g/mol. The molecule has 0 aromatic carbocycles. The summed E-state index contributed by atoms with van der Waals surface area (Å²) in [4.78, 5) is 0. The van der Waals surface area contributed by atoms with Gasteiger partial charge in [0.25, 0.3) is 0 Å². The Kier molecular flexibility index (Phi) is 4.12. The SMILES string of the molecule is B[PH](C(C)C)(C(C)C)C(C)C. The van der Waals surface area contributed by atoms with Crippen molar-refractivity contribution in [1.29, 1.82) is 0 Å². The van der Waals surface area contributed by atoms with Crippen LogP contribution < -0.4 is 0 Å². The first-order valence-electron chi connectivity index (χ1n) is 4.83. The molecule has 0 amide bonds. The van der Waals surface area contributed by atoms with Crippen LogP contribution in [0.15, 0.2) is 0 Å². The fraction of sp³-hybridized carbons (Fsp3) is 1.00. The molecule has 0 spiro atoms. The Morgan fingerprint density at radius 1 is 0.727 bits per heavy atom. The van der Waals surface area contributed by atoms with E-state index in [1.165, 1.54) is 0 Å². The van der Waals surface area contributed by atoms with Gasteiger partial charge in [-0.25, -0.2) is 0 Å². The molecule has 0 radical (unpaired) electrons. The summed E-state index contributed by atoms with van der Waals surface area (Å²) in [6.07, 6.45) is 0. The molecule has 0 rings (SSSR count). The normalized spacial score (nSPS) is 15.0. The standard InChI is InChI=1S/C9H24BP/c1-7(2)11(10,8(3)4)9(5)6/h7-9,11H,10H2,1-6H3. The molecule has 0 N–H and O–H groups in total. The fourth-order valence-corrected chi connectivity index (χ4v) is 6.00. The Labute approximate surface area is 73.9 Å². The van der Waals surface area contributed by atoms with Gasteiger partial charge in [-0.1, -0.05) is 0 Å². The number of hydrogen-bond acceptors (Lipinski definition) is 0. The maximum absolute atomic E-state index is 2.55. The zero-order valence-electron chi connectivity index (χ0n) is 9.23. The second-order valence-electron chi connectivity index (χ2n) is 4.83. The molecule has 0 unspecified atom stereocenters. The zero-order chi connectivity index (χ0) is 9.23. The molecule has 2 heteroatoms. The number of rotatable bonds is 3. The second-order valence-corrected chi connectivity index (χ2v) is 11.0. The Hall–Kier alpha value is 0.495. The maximum atomic E-state index is 2.55. The van der Waals surface area contributed by atoms with Gasteiger partial charge in [0.1, 0.15) is 0 Å². The molecule has 0 bridgehead atoms. The molecule has 0 saturated heterocycles. The van der Waals surface area contributed by atoms with Gasteiger partial charge in [-0.2, -0.15) is 0 Å². The topological polar surface area (TPSA) is 0 Å². The summed E-state index contributed by atoms with van der Waals surface area (Å²) in [7, 11) is 1.57. The Morgan fingerprint density at radius 2 is 0.909 bits per heavy atom. The van der Waals surface area contributed by atoms with Crippen LogP contribution in [0.1, 0.15) is 41.5 Å². The van der Waals surface area contributed by atoms with E-state index in [1.807, 2.05) is 0 Å². The van der Waals surface area contributed by atoms with E-state index >= 15 is 0 Å². The minimum absolute atomic E-state index is 0.919. The number of hydrogen-bond donors (Lipinski definition) is 0. The van der Waals surface area contributed by atoms with E-state index in [2.05, 4.69) is 49.1 Å². The van der Waals surface area contributed by atoms with E-state index in [0.717, 1.165) is 17.0 Å². The molecule has 0 aromatic rings. The van der Waals surface area contributed by atoms with Crippen LogP contribution in [0.5, 0.6) is 0 Å². The van der Waals surface area contributed by atoms with Crippen molar-refractivity contribution in [2.45, 2.75) is 58.5 Å². The molecule has 0 fully saturated rings. The predicted octanol–water partition coefficient (Wildman–Crippen LogP) is 2.51. The minimum atomic E-state index is -0.981. The summed E-state index contributed by atoms with van der Waals surface area (Å²) in [5.41, 5.74) is 2.76. The second kappa shape index (κ2) is 3.94. The van der Waals surface area contributed by atoms with Crippen molar-refractivity contribution >= 4 is 14.7 Å². The van der Waals surface area contributed by atoms with Gasteiger partial charge in [-0.15, -0.1) is 0 Å². The summed E-state index contributed by atoms with van der Waals surface area (Å²) < 4.78 is 0. The molecular formula is C9H24BP. The van der Waals surface area contributed by atoms with Crippen molar-refractivity contribution in [3.63, 3.8) is 0 Å². The molecule has 0 nitrogen and oxygen atoms in total. The van der Waals surface area contributed by atoms with Gasteiger partial charge < -0.3 is 0 Å². The molecule has 11 heavy (non-hydrogen) atoms. The third kappa shape index (κ3) is 2.21. The van der Waals surface area contributed by atoms with Gasteiger partial charge >= 0.3 is 73.2 Å². The van der Waals surface area contributed by atoms with Gasteiger partial charge in [0, 0.05) is 0 Å². The summed E-state index contributed by atoms with van der Waals surface area (Å²) in [5.74, 6) is 0. The quantitative estimate of drug-likeness (QED) is 0.455. The third-order valence-corrected chi connectivity index (χ3v) is 11.2. The first kappa shape index (κ1) is 11.5. The van der Waals surface area contributed by atoms with Crippen molar-refractivity contribution in [2.75, 3.05) is 0 Å². The molecule has 0 aliphatic heterocycles. The summed E-state index contributed by atoms with van der Waals surface area (Å²) in [5, 5.41) is 0. The Morgan fingerprint density at radius 3 is 0.909 bits per heavy atom.